The van der Waals surface area contributed by atoms with Crippen molar-refractivity contribution in [2.45, 2.75) is 46.2 Å². The van der Waals surface area contributed by atoms with E-state index >= 15 is 0 Å². The highest BCUT2D eigenvalue weighted by molar-refractivity contribution is 7.91. The Morgan fingerprint density at radius 3 is 2.29 bits per heavy atom. The third kappa shape index (κ3) is 7.34. The summed E-state index contributed by atoms with van der Waals surface area (Å²) in [7, 11) is -3.15. The highest BCUT2D eigenvalue weighted by atomic mass is 32.2. The van der Waals surface area contributed by atoms with Gasteiger partial charge in [0, 0.05) is 18.2 Å². The lowest BCUT2D eigenvalue weighted by atomic mass is 10.0. The fourth-order valence-corrected chi connectivity index (χ4v) is 5.22. The van der Waals surface area contributed by atoms with Crippen LogP contribution >= 0.6 is 0 Å². The molecule has 1 aliphatic heterocycles. The van der Waals surface area contributed by atoms with Crippen molar-refractivity contribution in [3.63, 3.8) is 0 Å². The second-order valence-electron chi connectivity index (χ2n) is 8.67. The van der Waals surface area contributed by atoms with E-state index in [4.69, 9.17) is 4.74 Å². The third-order valence-corrected chi connectivity index (χ3v) is 6.86. The van der Waals surface area contributed by atoms with E-state index in [1.54, 1.807) is 44.2 Å². The van der Waals surface area contributed by atoms with E-state index in [1.807, 2.05) is 13.8 Å². The molecule has 172 valence electrons. The minimum atomic E-state index is -3.15. The minimum Gasteiger partial charge on any atom is -0.454 e. The van der Waals surface area contributed by atoms with Gasteiger partial charge in [-0.1, -0.05) is 45.9 Å². The molecule has 1 aromatic carbocycles. The maximum Gasteiger partial charge on any atom is 0.329 e. The first-order valence-corrected chi connectivity index (χ1v) is 12.3. The SMILES string of the molecule is CC(C)CN(C(=O)COC(=O)[C@@H](NC(=O)c1ccccc1)C(C)C)C1CCS(=O)(=O)C1. The molecule has 0 radical (unpaired) electrons. The smallest absolute Gasteiger partial charge is 0.329 e. The summed E-state index contributed by atoms with van der Waals surface area (Å²) >= 11 is 0. The Labute approximate surface area is 184 Å². The van der Waals surface area contributed by atoms with Gasteiger partial charge in [-0.15, -0.1) is 0 Å². The summed E-state index contributed by atoms with van der Waals surface area (Å²) in [5.41, 5.74) is 0.419. The number of sulfone groups is 1. The number of nitrogens with zero attached hydrogens (tertiary/aromatic N) is 1. The number of benzene rings is 1. The molecule has 1 aliphatic rings. The van der Waals surface area contributed by atoms with Crippen LogP contribution in [0.3, 0.4) is 0 Å². The number of hydrogen-bond acceptors (Lipinski definition) is 6. The number of rotatable bonds is 9. The molecule has 9 heteroatoms. The van der Waals surface area contributed by atoms with Crippen LogP contribution in [0, 0.1) is 11.8 Å². The standard InChI is InChI=1S/C22H32N2O6S/c1-15(2)12-24(18-10-11-31(28,29)14-18)19(25)13-30-22(27)20(16(3)4)23-21(26)17-8-6-5-7-9-17/h5-9,15-16,18,20H,10-14H2,1-4H3,(H,23,26)/t18?,20-/m0/s1. The van der Waals surface area contributed by atoms with Crippen molar-refractivity contribution in [2.24, 2.45) is 11.8 Å². The maximum atomic E-state index is 12.8. The zero-order chi connectivity index (χ0) is 23.2. The summed E-state index contributed by atoms with van der Waals surface area (Å²) in [6.45, 7) is 7.30. The molecule has 0 aromatic heterocycles. The van der Waals surface area contributed by atoms with Crippen LogP contribution in [0.5, 0.6) is 0 Å². The summed E-state index contributed by atoms with van der Waals surface area (Å²) in [6.07, 6.45) is 0.385. The summed E-state index contributed by atoms with van der Waals surface area (Å²) in [5, 5.41) is 2.67. The van der Waals surface area contributed by atoms with Gasteiger partial charge in [0.15, 0.2) is 16.4 Å². The second-order valence-corrected chi connectivity index (χ2v) is 10.9. The molecule has 1 unspecified atom stereocenters. The molecule has 1 aromatic rings. The molecule has 0 saturated carbocycles. The Balaban J connectivity index is 2.01. The number of ether oxygens (including phenoxy) is 1. The van der Waals surface area contributed by atoms with Crippen molar-refractivity contribution in [3.05, 3.63) is 35.9 Å². The number of hydrogen-bond donors (Lipinski definition) is 1. The Morgan fingerprint density at radius 1 is 1.13 bits per heavy atom. The van der Waals surface area contributed by atoms with E-state index in [9.17, 15) is 22.8 Å². The van der Waals surface area contributed by atoms with E-state index in [0.29, 0.717) is 18.5 Å². The van der Waals surface area contributed by atoms with E-state index in [0.717, 1.165) is 0 Å². The van der Waals surface area contributed by atoms with Gasteiger partial charge in [0.1, 0.15) is 6.04 Å². The number of esters is 1. The minimum absolute atomic E-state index is 0.0558. The molecule has 1 saturated heterocycles. The predicted molar refractivity (Wildman–Crippen MR) is 117 cm³/mol. The first kappa shape index (κ1) is 24.8. The van der Waals surface area contributed by atoms with Gasteiger partial charge in [0.05, 0.1) is 11.5 Å². The molecule has 8 nitrogen and oxygen atoms in total. The summed E-state index contributed by atoms with van der Waals surface area (Å²) in [4.78, 5) is 39.3. The Morgan fingerprint density at radius 2 is 1.77 bits per heavy atom. The fraction of sp³-hybridized carbons (Fsp3) is 0.591. The fourth-order valence-electron chi connectivity index (χ4n) is 3.49. The zero-order valence-corrected chi connectivity index (χ0v) is 19.4. The summed E-state index contributed by atoms with van der Waals surface area (Å²) in [6, 6.07) is 7.20. The normalized spacial score (nSPS) is 18.6. The van der Waals surface area contributed by atoms with Gasteiger partial charge < -0.3 is 15.0 Å². The van der Waals surface area contributed by atoms with Gasteiger partial charge >= 0.3 is 5.97 Å². The summed E-state index contributed by atoms with van der Waals surface area (Å²) in [5.74, 6) is -1.66. The Hall–Kier alpha value is -2.42. The van der Waals surface area contributed by atoms with Crippen LogP contribution in [0.25, 0.3) is 0 Å². The lowest BCUT2D eigenvalue weighted by Crippen LogP contribution is -2.48. The lowest BCUT2D eigenvalue weighted by molar-refractivity contribution is -0.155. The Bertz CT molecular complexity index is 883. The molecule has 1 N–H and O–H groups in total. The summed E-state index contributed by atoms with van der Waals surface area (Å²) < 4.78 is 28.9. The molecule has 2 amide bonds. The number of nitrogens with one attached hydrogen (secondary N) is 1. The molecule has 1 heterocycles. The third-order valence-electron chi connectivity index (χ3n) is 5.11. The van der Waals surface area contributed by atoms with Crippen molar-refractivity contribution in [1.82, 2.24) is 10.2 Å². The molecule has 1 fully saturated rings. The highest BCUT2D eigenvalue weighted by Gasteiger charge is 2.35. The highest BCUT2D eigenvalue weighted by Crippen LogP contribution is 2.19. The van der Waals surface area contributed by atoms with Crippen molar-refractivity contribution in [3.8, 4) is 0 Å². The molecular weight excluding hydrogens is 420 g/mol. The molecular formula is C22H32N2O6S. The van der Waals surface area contributed by atoms with Crippen molar-refractivity contribution < 1.29 is 27.5 Å². The van der Waals surface area contributed by atoms with Crippen molar-refractivity contribution in [1.29, 1.82) is 0 Å². The first-order valence-electron chi connectivity index (χ1n) is 10.5. The zero-order valence-electron chi connectivity index (χ0n) is 18.5. The van der Waals surface area contributed by atoms with Crippen LogP contribution in [0.4, 0.5) is 0 Å². The maximum absolute atomic E-state index is 12.8. The molecule has 0 spiro atoms. The van der Waals surface area contributed by atoms with Crippen LogP contribution < -0.4 is 5.32 Å². The average Bonchev–Trinajstić information content (AvgIpc) is 3.07. The van der Waals surface area contributed by atoms with Crippen molar-refractivity contribution >= 4 is 27.6 Å². The molecule has 2 rings (SSSR count). The van der Waals surface area contributed by atoms with E-state index in [2.05, 4.69) is 5.32 Å². The average molecular weight is 453 g/mol. The topological polar surface area (TPSA) is 110 Å². The van der Waals surface area contributed by atoms with Gasteiger partial charge in [0.2, 0.25) is 0 Å². The van der Waals surface area contributed by atoms with Crippen LogP contribution in [0.1, 0.15) is 44.5 Å². The number of carbonyl (C=O) groups is 3. The van der Waals surface area contributed by atoms with Crippen LogP contribution in [-0.2, 0) is 24.2 Å². The van der Waals surface area contributed by atoms with Crippen LogP contribution in [0.15, 0.2) is 30.3 Å². The van der Waals surface area contributed by atoms with E-state index < -0.39 is 46.3 Å². The van der Waals surface area contributed by atoms with Crippen molar-refractivity contribution in [2.75, 3.05) is 24.7 Å². The van der Waals surface area contributed by atoms with Gasteiger partial charge in [-0.25, -0.2) is 13.2 Å². The van der Waals surface area contributed by atoms with Gasteiger partial charge in [-0.05, 0) is 30.4 Å². The second kappa shape index (κ2) is 10.7. The monoisotopic (exact) mass is 452 g/mol. The lowest BCUT2D eigenvalue weighted by Gasteiger charge is -2.30. The van der Waals surface area contributed by atoms with Gasteiger partial charge in [-0.3, -0.25) is 9.59 Å². The van der Waals surface area contributed by atoms with Gasteiger partial charge in [0.25, 0.3) is 11.8 Å². The van der Waals surface area contributed by atoms with Crippen LogP contribution in [-0.4, -0.2) is 67.8 Å². The first-order chi connectivity index (χ1) is 14.5. The van der Waals surface area contributed by atoms with Gasteiger partial charge in [-0.2, -0.15) is 0 Å². The van der Waals surface area contributed by atoms with E-state index in [-0.39, 0.29) is 23.3 Å². The molecule has 31 heavy (non-hydrogen) atoms. The molecule has 0 aliphatic carbocycles. The predicted octanol–water partition coefficient (Wildman–Crippen LogP) is 1.66. The number of amides is 2. The van der Waals surface area contributed by atoms with Crippen LogP contribution in [0.2, 0.25) is 0 Å². The van der Waals surface area contributed by atoms with E-state index in [1.165, 1.54) is 4.90 Å². The quantitative estimate of drug-likeness (QED) is 0.571. The molecule has 0 bridgehead atoms. The molecule has 2 atom stereocenters. The Kier molecular flexibility index (Phi) is 8.61. The largest absolute Gasteiger partial charge is 0.454 e. The number of carbonyl (C=O) groups excluding carboxylic acids is 3.